The first kappa shape index (κ1) is 16.2. The molecular weight excluding hydrogens is 282 g/mol. The summed E-state index contributed by atoms with van der Waals surface area (Å²) in [6.45, 7) is 2.83. The van der Waals surface area contributed by atoms with Crippen LogP contribution in [0.3, 0.4) is 0 Å². The Labute approximate surface area is 128 Å². The number of nitrogens with two attached hydrogens (primary N) is 1. The maximum absolute atomic E-state index is 10.5. The van der Waals surface area contributed by atoms with E-state index in [0.717, 1.165) is 35.7 Å². The van der Waals surface area contributed by atoms with Crippen LogP contribution in [0.25, 0.3) is 22.2 Å². The number of oxazole rings is 1. The van der Waals surface area contributed by atoms with Crippen molar-refractivity contribution in [1.82, 2.24) is 10.4 Å². The van der Waals surface area contributed by atoms with Gasteiger partial charge in [0.25, 0.3) is 5.91 Å². The Morgan fingerprint density at radius 2 is 2.18 bits per heavy atom. The minimum Gasteiger partial charge on any atom is -0.437 e. The molecule has 22 heavy (non-hydrogen) atoms. The van der Waals surface area contributed by atoms with Gasteiger partial charge in [0, 0.05) is 18.1 Å². The molecule has 0 atom stereocenters. The lowest BCUT2D eigenvalue weighted by atomic mass is 10.2. The summed E-state index contributed by atoms with van der Waals surface area (Å²) in [6.07, 6.45) is 3.31. The number of unbranched alkanes of at least 4 members (excludes halogenated alkanes) is 2. The molecule has 1 amide bonds. The van der Waals surface area contributed by atoms with Crippen LogP contribution in [-0.2, 0) is 9.53 Å². The van der Waals surface area contributed by atoms with Crippen LogP contribution >= 0.6 is 0 Å². The van der Waals surface area contributed by atoms with Crippen molar-refractivity contribution in [3.8, 4) is 0 Å². The van der Waals surface area contributed by atoms with Gasteiger partial charge in [-0.1, -0.05) is 31.9 Å². The lowest BCUT2D eigenvalue weighted by Crippen LogP contribution is -2.33. The van der Waals surface area contributed by atoms with Crippen molar-refractivity contribution in [3.05, 3.63) is 30.3 Å². The highest BCUT2D eigenvalue weighted by Crippen LogP contribution is 2.23. The van der Waals surface area contributed by atoms with E-state index in [9.17, 15) is 4.79 Å². The summed E-state index contributed by atoms with van der Waals surface area (Å²) in [7, 11) is 0. The topological polar surface area (TPSA) is 90.4 Å². The van der Waals surface area contributed by atoms with Crippen LogP contribution in [0.4, 0.5) is 0 Å². The molecule has 0 aliphatic rings. The van der Waals surface area contributed by atoms with Crippen molar-refractivity contribution in [3.63, 3.8) is 0 Å². The van der Waals surface area contributed by atoms with Crippen molar-refractivity contribution < 1.29 is 13.9 Å². The lowest BCUT2D eigenvalue weighted by Gasteiger charge is -2.01. The predicted molar refractivity (Wildman–Crippen MR) is 85.4 cm³/mol. The third-order valence-corrected chi connectivity index (χ3v) is 3.16. The molecule has 6 nitrogen and oxygen atoms in total. The zero-order valence-electron chi connectivity index (χ0n) is 12.7. The molecule has 2 heterocycles. The minimum atomic E-state index is -0.276. The van der Waals surface area contributed by atoms with Gasteiger partial charge >= 0.3 is 0 Å². The Morgan fingerprint density at radius 3 is 2.95 bits per heavy atom. The summed E-state index contributed by atoms with van der Waals surface area (Å²) in [5, 5.41) is 1.14. The highest BCUT2D eigenvalue weighted by atomic mass is 16.5. The van der Waals surface area contributed by atoms with E-state index in [1.165, 1.54) is 0 Å². The van der Waals surface area contributed by atoms with E-state index in [1.54, 1.807) is 0 Å². The van der Waals surface area contributed by atoms with Gasteiger partial charge in [0.2, 0.25) is 5.71 Å². The number of carbonyl (C=O) groups is 1. The number of hydrogen-bond donors (Lipinski definition) is 2. The first-order valence-corrected chi connectivity index (χ1v) is 7.39. The quantitative estimate of drug-likeness (QED) is 0.316. The van der Waals surface area contributed by atoms with Crippen LogP contribution in [-0.4, -0.2) is 24.1 Å². The van der Waals surface area contributed by atoms with Gasteiger partial charge in [-0.2, -0.15) is 0 Å². The number of para-hydroxylation sites is 1. The van der Waals surface area contributed by atoms with E-state index >= 15 is 0 Å². The molecule has 0 fully saturated rings. The molecular formula is C16H21N3O3. The molecule has 2 bridgehead atoms. The minimum absolute atomic E-state index is 0.0697. The molecule has 3 aromatic rings. The molecule has 0 aliphatic carbocycles. The third kappa shape index (κ3) is 4.41. The highest BCUT2D eigenvalue weighted by Gasteiger charge is 2.04. The molecule has 0 saturated carbocycles. The van der Waals surface area contributed by atoms with Crippen molar-refractivity contribution in [2.45, 2.75) is 26.2 Å². The number of nitrogens with zero attached hydrogens (tertiary/aromatic N) is 1. The summed E-state index contributed by atoms with van der Waals surface area (Å²) >= 11 is 0. The average molecular weight is 303 g/mol. The normalized spacial score (nSPS) is 10.6. The van der Waals surface area contributed by atoms with Gasteiger partial charge in [-0.15, -0.1) is 0 Å². The number of nitrogens with one attached hydrogen (secondary N) is 1. The van der Waals surface area contributed by atoms with Gasteiger partial charge < -0.3 is 9.15 Å². The molecule has 3 N–H and O–H groups in total. The van der Waals surface area contributed by atoms with Gasteiger partial charge in [0.05, 0.1) is 0 Å². The van der Waals surface area contributed by atoms with E-state index in [1.807, 2.05) is 35.8 Å². The van der Waals surface area contributed by atoms with Gasteiger partial charge in [0.15, 0.2) is 5.58 Å². The van der Waals surface area contributed by atoms with Crippen molar-refractivity contribution in [1.29, 1.82) is 0 Å². The number of ether oxygens (including phenoxy) is 1. The number of carbonyl (C=O) groups excluding carboxylic acids is 1. The number of pyridine rings is 1. The molecule has 118 valence electrons. The summed E-state index contributed by atoms with van der Waals surface area (Å²) in [5.41, 5.74) is 4.55. The van der Waals surface area contributed by atoms with Crippen LogP contribution in [0, 0.1) is 0 Å². The maximum atomic E-state index is 10.5. The number of aromatic nitrogens is 1. The SMILES string of the molecule is CCCCCOCC(=O)NN.c1cc2ccc3nc2c(c1)o3. The summed E-state index contributed by atoms with van der Waals surface area (Å²) in [4.78, 5) is 14.7. The molecule has 2 aromatic heterocycles. The Balaban J connectivity index is 0.000000160. The zero-order valence-corrected chi connectivity index (χ0v) is 12.7. The first-order chi connectivity index (χ1) is 10.7. The van der Waals surface area contributed by atoms with Crippen molar-refractivity contribution in [2.75, 3.05) is 13.2 Å². The second-order valence-electron chi connectivity index (χ2n) is 4.91. The monoisotopic (exact) mass is 303 g/mol. The number of rotatable bonds is 6. The van der Waals surface area contributed by atoms with Crippen molar-refractivity contribution in [2.24, 2.45) is 5.84 Å². The molecule has 0 aliphatic heterocycles. The maximum Gasteiger partial charge on any atom is 0.259 e. The second-order valence-corrected chi connectivity index (χ2v) is 4.91. The summed E-state index contributed by atoms with van der Waals surface area (Å²) in [6, 6.07) is 9.85. The van der Waals surface area contributed by atoms with Crippen LogP contribution in [0.2, 0.25) is 0 Å². The van der Waals surface area contributed by atoms with Crippen LogP contribution < -0.4 is 11.3 Å². The summed E-state index contributed by atoms with van der Waals surface area (Å²) in [5.74, 6) is 4.56. The smallest absolute Gasteiger partial charge is 0.259 e. The number of hydrogen-bond acceptors (Lipinski definition) is 5. The molecule has 1 aromatic carbocycles. The lowest BCUT2D eigenvalue weighted by molar-refractivity contribution is -0.125. The zero-order chi connectivity index (χ0) is 15.8. The third-order valence-electron chi connectivity index (χ3n) is 3.16. The molecule has 0 unspecified atom stereocenters. The van der Waals surface area contributed by atoms with Gasteiger partial charge in [-0.25, -0.2) is 10.8 Å². The van der Waals surface area contributed by atoms with Crippen LogP contribution in [0.15, 0.2) is 34.7 Å². The van der Waals surface area contributed by atoms with E-state index in [2.05, 4.69) is 11.9 Å². The van der Waals surface area contributed by atoms with E-state index in [4.69, 9.17) is 15.0 Å². The largest absolute Gasteiger partial charge is 0.437 e. The summed E-state index contributed by atoms with van der Waals surface area (Å²) < 4.78 is 10.4. The molecule has 0 spiro atoms. The Kier molecular flexibility index (Phi) is 6.12. The van der Waals surface area contributed by atoms with Gasteiger partial charge in [0.1, 0.15) is 12.1 Å². The standard InChI is InChI=1S/C9H5NO.C7H16N2O2/c1-2-6-4-5-8-10-9(6)7(3-1)11-8;1-2-3-4-5-11-6-7(10)9-8/h1-5H;2-6,8H2,1H3,(H,9,10). The average Bonchev–Trinajstić information content (AvgIpc) is 2.94. The molecule has 6 heteroatoms. The van der Waals surface area contributed by atoms with Crippen molar-refractivity contribution >= 4 is 28.1 Å². The van der Waals surface area contributed by atoms with Gasteiger partial charge in [-0.3, -0.25) is 10.2 Å². The highest BCUT2D eigenvalue weighted by molar-refractivity contribution is 5.94. The molecule has 0 saturated heterocycles. The van der Waals surface area contributed by atoms with Gasteiger partial charge in [-0.05, 0) is 18.6 Å². The Hall–Kier alpha value is -2.18. The number of hydrazine groups is 1. The fourth-order valence-electron chi connectivity index (χ4n) is 2.01. The molecule has 0 radical (unpaired) electrons. The second kappa shape index (κ2) is 8.31. The first-order valence-electron chi connectivity index (χ1n) is 7.39. The van der Waals surface area contributed by atoms with Crippen LogP contribution in [0.1, 0.15) is 26.2 Å². The number of fused-ring (bicyclic) bond motifs is 1. The number of benzene rings is 1. The van der Waals surface area contributed by atoms with E-state index in [0.29, 0.717) is 12.3 Å². The predicted octanol–water partition coefficient (Wildman–Crippen LogP) is 2.60. The molecule has 3 rings (SSSR count). The van der Waals surface area contributed by atoms with E-state index in [-0.39, 0.29) is 12.5 Å². The Morgan fingerprint density at radius 1 is 1.32 bits per heavy atom. The fourth-order valence-corrected chi connectivity index (χ4v) is 2.01. The van der Waals surface area contributed by atoms with Crippen LogP contribution in [0.5, 0.6) is 0 Å². The number of amides is 1. The fraction of sp³-hybridized carbons (Fsp3) is 0.375. The Bertz CT molecular complexity index is 675. The van der Waals surface area contributed by atoms with E-state index < -0.39 is 0 Å².